The van der Waals surface area contributed by atoms with Crippen LogP contribution in [0, 0.1) is 0 Å². The third-order valence-electron chi connectivity index (χ3n) is 4.25. The highest BCUT2D eigenvalue weighted by Gasteiger charge is 2.28. The van der Waals surface area contributed by atoms with Crippen molar-refractivity contribution < 1.29 is 22.7 Å². The fourth-order valence-electron chi connectivity index (χ4n) is 2.78. The van der Waals surface area contributed by atoms with Crippen molar-refractivity contribution in [3.05, 3.63) is 58.4 Å². The van der Waals surface area contributed by atoms with Gasteiger partial charge in [-0.2, -0.15) is 0 Å². The summed E-state index contributed by atoms with van der Waals surface area (Å²) in [7, 11) is -3.34. The van der Waals surface area contributed by atoms with Gasteiger partial charge in [-0.05, 0) is 49.2 Å². The number of Topliss-reactive ketones (excluding diaryl/α,β-unsaturated/α-hetero) is 1. The average molecular weight is 409 g/mol. The summed E-state index contributed by atoms with van der Waals surface area (Å²) in [6.07, 6.45) is 1.80. The van der Waals surface area contributed by atoms with Gasteiger partial charge in [0.1, 0.15) is 5.15 Å². The molecule has 0 saturated carbocycles. The molecular formula is C18H17ClN2O5S. The minimum absolute atomic E-state index is 0.0165. The lowest BCUT2D eigenvalue weighted by Gasteiger charge is -2.18. The van der Waals surface area contributed by atoms with Gasteiger partial charge >= 0.3 is 5.97 Å². The van der Waals surface area contributed by atoms with Gasteiger partial charge in [0.2, 0.25) is 10.0 Å². The summed E-state index contributed by atoms with van der Waals surface area (Å²) in [5.41, 5.74) is 1.94. The van der Waals surface area contributed by atoms with Gasteiger partial charge in [0, 0.05) is 18.3 Å². The lowest BCUT2D eigenvalue weighted by atomic mass is 10.1. The van der Waals surface area contributed by atoms with Crippen LogP contribution in [0.2, 0.25) is 5.15 Å². The van der Waals surface area contributed by atoms with E-state index in [2.05, 4.69) is 4.98 Å². The molecule has 0 amide bonds. The number of ketones is 1. The van der Waals surface area contributed by atoms with E-state index >= 15 is 0 Å². The maximum atomic E-state index is 12.3. The summed E-state index contributed by atoms with van der Waals surface area (Å²) in [5, 5.41) is 0.250. The molecule has 0 unspecified atom stereocenters. The predicted molar refractivity (Wildman–Crippen MR) is 101 cm³/mol. The smallest absolute Gasteiger partial charge is 0.340 e. The van der Waals surface area contributed by atoms with Gasteiger partial charge < -0.3 is 4.74 Å². The second kappa shape index (κ2) is 7.66. The summed E-state index contributed by atoms with van der Waals surface area (Å²) in [6.45, 7) is 1.54. The number of halogens is 1. The van der Waals surface area contributed by atoms with Crippen LogP contribution in [-0.2, 0) is 21.2 Å². The number of anilines is 1. The Morgan fingerprint density at radius 1 is 1.22 bits per heavy atom. The molecule has 0 spiro atoms. The Bertz CT molecular complexity index is 989. The minimum atomic E-state index is -3.34. The van der Waals surface area contributed by atoms with Gasteiger partial charge in [-0.3, -0.25) is 9.10 Å². The molecule has 9 heteroatoms. The quantitative estimate of drug-likeness (QED) is 0.414. The molecule has 0 fully saturated rings. The molecule has 0 bridgehead atoms. The molecule has 27 heavy (non-hydrogen) atoms. The van der Waals surface area contributed by atoms with Gasteiger partial charge in [-0.1, -0.05) is 11.6 Å². The molecule has 1 aromatic heterocycles. The van der Waals surface area contributed by atoms with E-state index in [4.69, 9.17) is 16.3 Å². The van der Waals surface area contributed by atoms with E-state index in [0.29, 0.717) is 24.2 Å². The maximum absolute atomic E-state index is 12.3. The highest BCUT2D eigenvalue weighted by atomic mass is 35.5. The molecule has 7 nitrogen and oxygen atoms in total. The van der Waals surface area contributed by atoms with Crippen LogP contribution in [-0.4, -0.2) is 44.1 Å². The molecule has 0 saturated heterocycles. The Labute approximate surface area is 162 Å². The van der Waals surface area contributed by atoms with Crippen LogP contribution in [0.25, 0.3) is 0 Å². The number of aromatic nitrogens is 1. The summed E-state index contributed by atoms with van der Waals surface area (Å²) in [4.78, 5) is 28.0. The van der Waals surface area contributed by atoms with Gasteiger partial charge in [-0.25, -0.2) is 18.2 Å². The monoisotopic (exact) mass is 408 g/mol. The van der Waals surface area contributed by atoms with Crippen LogP contribution in [0.15, 0.2) is 36.5 Å². The van der Waals surface area contributed by atoms with Gasteiger partial charge in [-0.15, -0.1) is 0 Å². The van der Waals surface area contributed by atoms with E-state index < -0.39 is 22.6 Å². The van der Waals surface area contributed by atoms with Crippen molar-refractivity contribution in [2.24, 2.45) is 0 Å². The third-order valence-corrected chi connectivity index (χ3v) is 6.26. The molecule has 2 aromatic rings. The average Bonchev–Trinajstić information content (AvgIpc) is 3.10. The van der Waals surface area contributed by atoms with E-state index in [-0.39, 0.29) is 22.3 Å². The first-order valence-corrected chi connectivity index (χ1v) is 10.3. The number of ether oxygens (including phenoxy) is 1. The lowest BCUT2D eigenvalue weighted by Crippen LogP contribution is -2.30. The first kappa shape index (κ1) is 19.3. The molecule has 1 aromatic carbocycles. The zero-order chi connectivity index (χ0) is 19.6. The van der Waals surface area contributed by atoms with E-state index in [1.165, 1.54) is 22.6 Å². The Balaban J connectivity index is 1.68. The Morgan fingerprint density at radius 2 is 1.96 bits per heavy atom. The van der Waals surface area contributed by atoms with Crippen LogP contribution in [0.5, 0.6) is 0 Å². The lowest BCUT2D eigenvalue weighted by molar-refractivity contribution is 0.0474. The number of hydrogen-bond donors (Lipinski definition) is 0. The van der Waals surface area contributed by atoms with Gasteiger partial charge in [0.15, 0.2) is 12.4 Å². The van der Waals surface area contributed by atoms with Crippen molar-refractivity contribution in [3.8, 4) is 0 Å². The number of pyridine rings is 1. The highest BCUT2D eigenvalue weighted by Crippen LogP contribution is 2.31. The standard InChI is InChI=1S/C18H17ClN2O5S/c1-2-27(24,25)21-8-7-12-9-13(3-5-15(12)21)16(22)11-26-18(23)14-4-6-17(19)20-10-14/h3-6,9-10H,2,7-8,11H2,1H3. The number of sulfonamides is 1. The van der Waals surface area contributed by atoms with Crippen LogP contribution < -0.4 is 4.31 Å². The summed E-state index contributed by atoms with van der Waals surface area (Å²) in [5.74, 6) is -1.03. The normalized spacial score (nSPS) is 13.3. The zero-order valence-corrected chi connectivity index (χ0v) is 16.1. The molecule has 3 rings (SSSR count). The fourth-order valence-corrected chi connectivity index (χ4v) is 4.05. The fraction of sp³-hybridized carbons (Fsp3) is 0.278. The van der Waals surface area contributed by atoms with E-state index in [1.807, 2.05) is 0 Å². The maximum Gasteiger partial charge on any atom is 0.340 e. The molecular weight excluding hydrogens is 392 g/mol. The van der Waals surface area contributed by atoms with E-state index in [1.54, 1.807) is 25.1 Å². The molecule has 1 aliphatic heterocycles. The van der Waals surface area contributed by atoms with Crippen molar-refractivity contribution in [1.82, 2.24) is 4.98 Å². The first-order valence-electron chi connectivity index (χ1n) is 8.27. The van der Waals surface area contributed by atoms with Gasteiger partial charge in [0.05, 0.1) is 17.0 Å². The zero-order valence-electron chi connectivity index (χ0n) is 14.5. The van der Waals surface area contributed by atoms with Crippen LogP contribution in [0.4, 0.5) is 5.69 Å². The van der Waals surface area contributed by atoms with E-state index in [0.717, 1.165) is 5.56 Å². The predicted octanol–water partition coefficient (Wildman–Crippen LogP) is 2.49. The van der Waals surface area contributed by atoms with E-state index in [9.17, 15) is 18.0 Å². The summed E-state index contributed by atoms with van der Waals surface area (Å²) < 4.78 is 30.6. The minimum Gasteiger partial charge on any atom is -0.454 e. The topological polar surface area (TPSA) is 93.6 Å². The second-order valence-electron chi connectivity index (χ2n) is 5.94. The Morgan fingerprint density at radius 3 is 2.63 bits per heavy atom. The molecule has 2 heterocycles. The molecule has 1 aliphatic rings. The SMILES string of the molecule is CCS(=O)(=O)N1CCc2cc(C(=O)COC(=O)c3ccc(Cl)nc3)ccc21. The second-order valence-corrected chi connectivity index (χ2v) is 8.50. The molecule has 0 aliphatic carbocycles. The first-order chi connectivity index (χ1) is 12.8. The molecule has 0 atom stereocenters. The molecule has 142 valence electrons. The largest absolute Gasteiger partial charge is 0.454 e. The number of benzene rings is 1. The van der Waals surface area contributed by atoms with Crippen molar-refractivity contribution >= 4 is 39.1 Å². The number of hydrogen-bond acceptors (Lipinski definition) is 6. The number of carbonyl (C=O) groups excluding carboxylic acids is 2. The summed E-state index contributed by atoms with van der Waals surface area (Å²) >= 11 is 5.66. The number of nitrogens with zero attached hydrogens (tertiary/aromatic N) is 2. The van der Waals surface area contributed by atoms with Crippen molar-refractivity contribution in [2.45, 2.75) is 13.3 Å². The van der Waals surface area contributed by atoms with Crippen LogP contribution in [0.3, 0.4) is 0 Å². The number of rotatable bonds is 6. The number of fused-ring (bicyclic) bond motifs is 1. The number of esters is 1. The summed E-state index contributed by atoms with van der Waals surface area (Å²) in [6, 6.07) is 7.73. The Kier molecular flexibility index (Phi) is 5.48. The number of carbonyl (C=O) groups is 2. The van der Waals surface area contributed by atoms with Crippen molar-refractivity contribution in [1.29, 1.82) is 0 Å². The highest BCUT2D eigenvalue weighted by molar-refractivity contribution is 7.92. The van der Waals surface area contributed by atoms with Crippen molar-refractivity contribution in [3.63, 3.8) is 0 Å². The molecule has 0 N–H and O–H groups in total. The Hall–Kier alpha value is -2.45. The van der Waals surface area contributed by atoms with Crippen LogP contribution >= 0.6 is 11.6 Å². The van der Waals surface area contributed by atoms with Crippen LogP contribution in [0.1, 0.15) is 33.2 Å². The van der Waals surface area contributed by atoms with Crippen molar-refractivity contribution in [2.75, 3.05) is 23.2 Å². The third kappa shape index (κ3) is 4.12. The molecule has 0 radical (unpaired) electrons. The van der Waals surface area contributed by atoms with Gasteiger partial charge in [0.25, 0.3) is 0 Å².